The van der Waals surface area contributed by atoms with Crippen molar-refractivity contribution in [3.05, 3.63) is 34.7 Å². The number of likely N-dealkylation sites (N-methyl/N-ethyl adjacent to an activating group) is 1. The van der Waals surface area contributed by atoms with Crippen LogP contribution in [-0.4, -0.2) is 29.1 Å². The quantitative estimate of drug-likeness (QED) is 0.908. The maximum absolute atomic E-state index is 11.9. The van der Waals surface area contributed by atoms with Crippen LogP contribution in [0.15, 0.2) is 33.5 Å². The van der Waals surface area contributed by atoms with Gasteiger partial charge in [0.25, 0.3) is 0 Å². The Morgan fingerprint density at radius 3 is 2.67 bits per heavy atom. The number of carboxylic acid groups (broad SMARTS) is 1. The number of aliphatic carboxylic acids is 1. The summed E-state index contributed by atoms with van der Waals surface area (Å²) in [5.74, 6) is -0.774. The first kappa shape index (κ1) is 15.0. The van der Waals surface area contributed by atoms with Crippen molar-refractivity contribution in [3.8, 4) is 0 Å². The Morgan fingerprint density at radius 1 is 1.38 bits per heavy atom. The summed E-state index contributed by atoms with van der Waals surface area (Å²) in [5.41, 5.74) is -0.0274. The van der Waals surface area contributed by atoms with Gasteiger partial charge in [-0.2, -0.15) is 4.98 Å². The van der Waals surface area contributed by atoms with E-state index in [1.54, 1.807) is 31.3 Å². The maximum atomic E-state index is 11.9. The van der Waals surface area contributed by atoms with Gasteiger partial charge in [0.1, 0.15) is 6.04 Å². The summed E-state index contributed by atoms with van der Waals surface area (Å²) in [4.78, 5) is 29.0. The monoisotopic (exact) mass is 290 g/mol. The van der Waals surface area contributed by atoms with Gasteiger partial charge in [-0.1, -0.05) is 26.0 Å². The highest BCUT2D eigenvalue weighted by Gasteiger charge is 2.26. The molecule has 1 aromatic carbocycles. The fraction of sp³-hybridized carbons (Fsp3) is 0.400. The molecule has 0 amide bonds. The molecule has 0 aliphatic carbocycles. The lowest BCUT2D eigenvalue weighted by molar-refractivity contribution is -0.139. The molecule has 112 valence electrons. The topological polar surface area (TPSA) is 83.6 Å². The molecule has 6 heteroatoms. The van der Waals surface area contributed by atoms with Crippen molar-refractivity contribution in [1.82, 2.24) is 4.98 Å². The van der Waals surface area contributed by atoms with Crippen LogP contribution in [0.4, 0.5) is 6.01 Å². The number of fused-ring (bicyclic) bond motifs is 1. The van der Waals surface area contributed by atoms with Crippen LogP contribution in [0.1, 0.15) is 20.3 Å². The van der Waals surface area contributed by atoms with Crippen LogP contribution in [0.5, 0.6) is 0 Å². The Kier molecular flexibility index (Phi) is 4.26. The average molecular weight is 290 g/mol. The molecule has 1 heterocycles. The van der Waals surface area contributed by atoms with E-state index in [0.29, 0.717) is 17.3 Å². The molecule has 0 spiro atoms. The van der Waals surface area contributed by atoms with E-state index < -0.39 is 17.6 Å². The molecule has 1 N–H and O–H groups in total. The summed E-state index contributed by atoms with van der Waals surface area (Å²) in [6, 6.07) is 6.04. The van der Waals surface area contributed by atoms with Crippen LogP contribution in [0.3, 0.4) is 0 Å². The summed E-state index contributed by atoms with van der Waals surface area (Å²) in [6.45, 7) is 3.88. The SMILES string of the molecule is CC(C)C[C@@H](C(=O)O)N(C)c1nc2ccccc2c(=O)o1. The zero-order chi connectivity index (χ0) is 15.6. The summed E-state index contributed by atoms with van der Waals surface area (Å²) in [5, 5.41) is 9.73. The van der Waals surface area contributed by atoms with Gasteiger partial charge in [0.05, 0.1) is 10.9 Å². The van der Waals surface area contributed by atoms with Gasteiger partial charge in [-0.3, -0.25) is 0 Å². The van der Waals surface area contributed by atoms with Crippen molar-refractivity contribution < 1.29 is 14.3 Å². The molecule has 0 bridgehead atoms. The standard InChI is InChI=1S/C15H18N2O4/c1-9(2)8-12(13(18)19)17(3)15-16-11-7-5-4-6-10(11)14(20)21-15/h4-7,9,12H,8H2,1-3H3,(H,18,19)/t12-/m0/s1. The Labute approximate surface area is 122 Å². The Bertz CT molecular complexity index is 708. The Hall–Kier alpha value is -2.37. The lowest BCUT2D eigenvalue weighted by Crippen LogP contribution is -2.40. The van der Waals surface area contributed by atoms with Crippen LogP contribution in [-0.2, 0) is 4.79 Å². The Balaban J connectivity index is 2.44. The van der Waals surface area contributed by atoms with Crippen molar-refractivity contribution in [2.24, 2.45) is 5.92 Å². The molecule has 21 heavy (non-hydrogen) atoms. The van der Waals surface area contributed by atoms with E-state index in [1.165, 1.54) is 4.90 Å². The molecule has 2 rings (SSSR count). The first-order chi connectivity index (χ1) is 9.90. The van der Waals surface area contributed by atoms with Crippen LogP contribution in [0.2, 0.25) is 0 Å². The minimum atomic E-state index is -0.969. The number of benzene rings is 1. The first-order valence-corrected chi connectivity index (χ1v) is 6.75. The van der Waals surface area contributed by atoms with Gasteiger partial charge in [-0.15, -0.1) is 0 Å². The molecule has 0 fully saturated rings. The van der Waals surface area contributed by atoms with E-state index >= 15 is 0 Å². The van der Waals surface area contributed by atoms with Crippen LogP contribution in [0, 0.1) is 5.92 Å². The number of para-hydroxylation sites is 1. The number of rotatable bonds is 5. The van der Waals surface area contributed by atoms with Crippen molar-refractivity contribution in [1.29, 1.82) is 0 Å². The van der Waals surface area contributed by atoms with Crippen molar-refractivity contribution in [2.45, 2.75) is 26.3 Å². The molecule has 2 aromatic rings. The van der Waals surface area contributed by atoms with E-state index in [4.69, 9.17) is 4.42 Å². The van der Waals surface area contributed by atoms with E-state index in [9.17, 15) is 14.7 Å². The number of anilines is 1. The molecule has 6 nitrogen and oxygen atoms in total. The summed E-state index contributed by atoms with van der Waals surface area (Å²) in [7, 11) is 1.57. The number of carbonyl (C=O) groups is 1. The lowest BCUT2D eigenvalue weighted by Gasteiger charge is -2.25. The van der Waals surface area contributed by atoms with E-state index in [-0.39, 0.29) is 11.9 Å². The molecule has 0 aliphatic heterocycles. The molecule has 0 radical (unpaired) electrons. The van der Waals surface area contributed by atoms with Gasteiger partial charge in [-0.05, 0) is 24.5 Å². The second-order valence-corrected chi connectivity index (χ2v) is 5.40. The van der Waals surface area contributed by atoms with E-state index in [1.807, 2.05) is 13.8 Å². The van der Waals surface area contributed by atoms with Crippen LogP contribution < -0.4 is 10.5 Å². The fourth-order valence-electron chi connectivity index (χ4n) is 2.16. The minimum Gasteiger partial charge on any atom is -0.480 e. The van der Waals surface area contributed by atoms with Gasteiger partial charge in [-0.25, -0.2) is 9.59 Å². The molecule has 0 saturated heterocycles. The van der Waals surface area contributed by atoms with E-state index in [0.717, 1.165) is 0 Å². The molecular weight excluding hydrogens is 272 g/mol. The zero-order valence-electron chi connectivity index (χ0n) is 12.2. The minimum absolute atomic E-state index is 0.0201. The van der Waals surface area contributed by atoms with Gasteiger partial charge >= 0.3 is 17.6 Å². The van der Waals surface area contributed by atoms with Gasteiger partial charge in [0.2, 0.25) is 0 Å². The fourth-order valence-corrected chi connectivity index (χ4v) is 2.16. The number of carboxylic acids is 1. The van der Waals surface area contributed by atoms with Crippen LogP contribution in [0.25, 0.3) is 10.9 Å². The molecule has 1 aromatic heterocycles. The highest BCUT2D eigenvalue weighted by molar-refractivity contribution is 5.79. The largest absolute Gasteiger partial charge is 0.480 e. The van der Waals surface area contributed by atoms with Gasteiger partial charge in [0.15, 0.2) is 0 Å². The number of hydrogen-bond donors (Lipinski definition) is 1. The van der Waals surface area contributed by atoms with Gasteiger partial charge in [0, 0.05) is 7.05 Å². The van der Waals surface area contributed by atoms with E-state index in [2.05, 4.69) is 4.98 Å². The molecule has 0 unspecified atom stereocenters. The third kappa shape index (κ3) is 3.21. The predicted molar refractivity (Wildman–Crippen MR) is 79.6 cm³/mol. The molecule has 1 atom stereocenters. The predicted octanol–water partition coefficient (Wildman–Crippen LogP) is 2.12. The average Bonchev–Trinajstić information content (AvgIpc) is 2.43. The smallest absolute Gasteiger partial charge is 0.348 e. The highest BCUT2D eigenvalue weighted by atomic mass is 16.4. The van der Waals surface area contributed by atoms with Crippen LogP contribution >= 0.6 is 0 Å². The lowest BCUT2D eigenvalue weighted by atomic mass is 10.0. The molecule has 0 saturated carbocycles. The number of hydrogen-bond acceptors (Lipinski definition) is 5. The first-order valence-electron chi connectivity index (χ1n) is 6.75. The summed E-state index contributed by atoms with van der Waals surface area (Å²) in [6.07, 6.45) is 0.435. The zero-order valence-corrected chi connectivity index (χ0v) is 12.2. The molecular formula is C15H18N2O4. The third-order valence-electron chi connectivity index (χ3n) is 3.27. The maximum Gasteiger partial charge on any atom is 0.348 e. The van der Waals surface area contributed by atoms with Crippen molar-refractivity contribution >= 4 is 22.9 Å². The van der Waals surface area contributed by atoms with Crippen molar-refractivity contribution in [2.75, 3.05) is 11.9 Å². The van der Waals surface area contributed by atoms with Gasteiger partial charge < -0.3 is 14.4 Å². The second-order valence-electron chi connectivity index (χ2n) is 5.40. The second kappa shape index (κ2) is 5.95. The van der Waals surface area contributed by atoms with Crippen molar-refractivity contribution in [3.63, 3.8) is 0 Å². The normalized spacial score (nSPS) is 12.6. The molecule has 0 aliphatic rings. The highest BCUT2D eigenvalue weighted by Crippen LogP contribution is 2.19. The third-order valence-corrected chi connectivity index (χ3v) is 3.27. The Morgan fingerprint density at radius 2 is 2.05 bits per heavy atom. The number of aromatic nitrogens is 1. The number of nitrogens with zero attached hydrogens (tertiary/aromatic N) is 2. The summed E-state index contributed by atoms with van der Waals surface area (Å²) < 4.78 is 5.16. The summed E-state index contributed by atoms with van der Waals surface area (Å²) >= 11 is 0.